The monoisotopic (exact) mass is 384 g/mol. The van der Waals surface area contributed by atoms with Gasteiger partial charge < -0.3 is 19.0 Å². The summed E-state index contributed by atoms with van der Waals surface area (Å²) in [6, 6.07) is 3.64. The molecule has 1 aromatic rings. The van der Waals surface area contributed by atoms with Crippen molar-refractivity contribution in [3.8, 4) is 0 Å². The Balaban J connectivity index is 2.07. The predicted molar refractivity (Wildman–Crippen MR) is 99.9 cm³/mol. The standard InChI is InChI=1S/C19H29ClN2O4/c1-3-15(2)22(18(23)8-9-20)14-19(24)21(12-16-6-4-10-25-16)13-17-7-5-11-26-17/h4,6,10,15,17H,3,5,7-9,11-14H2,1-2H3/t15-,17+/m1/s1. The number of halogens is 1. The van der Waals surface area contributed by atoms with Crippen LogP contribution in [-0.2, 0) is 20.9 Å². The van der Waals surface area contributed by atoms with Crippen molar-refractivity contribution in [1.82, 2.24) is 9.80 Å². The van der Waals surface area contributed by atoms with Gasteiger partial charge in [0.25, 0.3) is 0 Å². The number of ether oxygens (including phenoxy) is 1. The van der Waals surface area contributed by atoms with Gasteiger partial charge in [0.2, 0.25) is 11.8 Å². The average molecular weight is 385 g/mol. The zero-order valence-corrected chi connectivity index (χ0v) is 16.4. The zero-order chi connectivity index (χ0) is 18.9. The Labute approximate surface area is 160 Å². The SMILES string of the molecule is CC[C@@H](C)N(CC(=O)N(Cc1ccco1)C[C@@H]1CCCO1)C(=O)CCCl. The number of carbonyl (C=O) groups excluding carboxylic acids is 2. The lowest BCUT2D eigenvalue weighted by Crippen LogP contribution is -2.47. The molecule has 0 aliphatic carbocycles. The maximum absolute atomic E-state index is 13.0. The van der Waals surface area contributed by atoms with Crippen LogP contribution in [0.5, 0.6) is 0 Å². The highest BCUT2D eigenvalue weighted by Crippen LogP contribution is 2.16. The lowest BCUT2D eigenvalue weighted by Gasteiger charge is -2.31. The quantitative estimate of drug-likeness (QED) is 0.581. The van der Waals surface area contributed by atoms with Gasteiger partial charge in [0.1, 0.15) is 12.3 Å². The van der Waals surface area contributed by atoms with Crippen LogP contribution in [0, 0.1) is 0 Å². The number of furan rings is 1. The molecule has 146 valence electrons. The van der Waals surface area contributed by atoms with Crippen LogP contribution in [-0.4, -0.2) is 59.3 Å². The van der Waals surface area contributed by atoms with E-state index in [-0.39, 0.29) is 42.8 Å². The molecule has 2 heterocycles. The van der Waals surface area contributed by atoms with Gasteiger partial charge in [0, 0.05) is 31.5 Å². The van der Waals surface area contributed by atoms with E-state index < -0.39 is 0 Å². The van der Waals surface area contributed by atoms with Crippen LogP contribution < -0.4 is 0 Å². The highest BCUT2D eigenvalue weighted by molar-refractivity contribution is 6.18. The van der Waals surface area contributed by atoms with E-state index in [9.17, 15) is 9.59 Å². The van der Waals surface area contributed by atoms with Crippen molar-refractivity contribution in [1.29, 1.82) is 0 Å². The van der Waals surface area contributed by atoms with E-state index in [4.69, 9.17) is 20.8 Å². The van der Waals surface area contributed by atoms with E-state index in [0.29, 0.717) is 13.1 Å². The smallest absolute Gasteiger partial charge is 0.242 e. The summed E-state index contributed by atoms with van der Waals surface area (Å²) in [7, 11) is 0. The first kappa shape index (κ1) is 20.8. The maximum atomic E-state index is 13.0. The van der Waals surface area contributed by atoms with Gasteiger partial charge in [-0.15, -0.1) is 11.6 Å². The highest BCUT2D eigenvalue weighted by Gasteiger charge is 2.27. The first-order valence-electron chi connectivity index (χ1n) is 9.32. The maximum Gasteiger partial charge on any atom is 0.242 e. The Kier molecular flexibility index (Phi) is 8.45. The molecule has 0 unspecified atom stereocenters. The van der Waals surface area contributed by atoms with Gasteiger partial charge in [-0.1, -0.05) is 6.92 Å². The second-order valence-corrected chi connectivity index (χ2v) is 7.08. The van der Waals surface area contributed by atoms with Crippen LogP contribution in [0.1, 0.15) is 45.3 Å². The molecule has 1 saturated heterocycles. The van der Waals surface area contributed by atoms with Gasteiger partial charge in [-0.25, -0.2) is 0 Å². The molecule has 1 aromatic heterocycles. The fraction of sp³-hybridized carbons (Fsp3) is 0.684. The van der Waals surface area contributed by atoms with E-state index in [0.717, 1.165) is 31.6 Å². The molecule has 0 N–H and O–H groups in total. The van der Waals surface area contributed by atoms with Crippen molar-refractivity contribution in [3.63, 3.8) is 0 Å². The number of carbonyl (C=O) groups is 2. The van der Waals surface area contributed by atoms with Crippen LogP contribution >= 0.6 is 11.6 Å². The number of alkyl halides is 1. The van der Waals surface area contributed by atoms with Crippen molar-refractivity contribution in [2.45, 2.75) is 58.2 Å². The number of rotatable bonds is 10. The molecule has 2 rings (SSSR count). The molecule has 0 spiro atoms. The Hall–Kier alpha value is -1.53. The summed E-state index contributed by atoms with van der Waals surface area (Å²) >= 11 is 5.72. The summed E-state index contributed by atoms with van der Waals surface area (Å²) in [6.07, 6.45) is 4.63. The lowest BCUT2D eigenvalue weighted by atomic mass is 10.2. The fourth-order valence-electron chi connectivity index (χ4n) is 3.06. The fourth-order valence-corrected chi connectivity index (χ4v) is 3.22. The van der Waals surface area contributed by atoms with Gasteiger partial charge in [-0.05, 0) is 38.3 Å². The third-order valence-corrected chi connectivity index (χ3v) is 4.97. The molecule has 0 radical (unpaired) electrons. The summed E-state index contributed by atoms with van der Waals surface area (Å²) in [4.78, 5) is 28.8. The van der Waals surface area contributed by atoms with Gasteiger partial charge in [0.05, 0.1) is 18.9 Å². The van der Waals surface area contributed by atoms with Crippen molar-refractivity contribution < 1.29 is 18.7 Å². The molecule has 7 heteroatoms. The first-order valence-corrected chi connectivity index (χ1v) is 9.85. The minimum atomic E-state index is -0.0971. The molecular weight excluding hydrogens is 356 g/mol. The second kappa shape index (κ2) is 10.6. The molecule has 1 aliphatic rings. The Morgan fingerprint density at radius 2 is 2.19 bits per heavy atom. The van der Waals surface area contributed by atoms with E-state index in [1.165, 1.54) is 0 Å². The topological polar surface area (TPSA) is 63.0 Å². The summed E-state index contributed by atoms with van der Waals surface area (Å²) in [5.74, 6) is 0.794. The van der Waals surface area contributed by atoms with Crippen molar-refractivity contribution in [3.05, 3.63) is 24.2 Å². The van der Waals surface area contributed by atoms with Crippen molar-refractivity contribution in [2.24, 2.45) is 0 Å². The molecule has 1 fully saturated rings. The first-order chi connectivity index (χ1) is 12.5. The minimum absolute atomic E-state index is 0.0112. The van der Waals surface area contributed by atoms with Crippen LogP contribution in [0.3, 0.4) is 0 Å². The Bertz CT molecular complexity index is 558. The molecule has 26 heavy (non-hydrogen) atoms. The number of hydrogen-bond donors (Lipinski definition) is 0. The van der Waals surface area contributed by atoms with E-state index in [2.05, 4.69) is 0 Å². The van der Waals surface area contributed by atoms with Gasteiger partial charge in [0.15, 0.2) is 0 Å². The van der Waals surface area contributed by atoms with E-state index >= 15 is 0 Å². The highest BCUT2D eigenvalue weighted by atomic mass is 35.5. The normalized spacial score (nSPS) is 17.9. The molecular formula is C19H29ClN2O4. The van der Waals surface area contributed by atoms with Gasteiger partial charge in [-0.2, -0.15) is 0 Å². The molecule has 0 aromatic carbocycles. The summed E-state index contributed by atoms with van der Waals surface area (Å²) in [5.41, 5.74) is 0. The molecule has 2 atom stereocenters. The predicted octanol–water partition coefficient (Wildman–Crippen LogP) is 3.04. The van der Waals surface area contributed by atoms with Crippen LogP contribution in [0.4, 0.5) is 0 Å². The van der Waals surface area contributed by atoms with Gasteiger partial charge in [-0.3, -0.25) is 9.59 Å². The third-order valence-electron chi connectivity index (χ3n) is 4.78. The lowest BCUT2D eigenvalue weighted by molar-refractivity contribution is -0.143. The van der Waals surface area contributed by atoms with Crippen LogP contribution in [0.2, 0.25) is 0 Å². The minimum Gasteiger partial charge on any atom is -0.467 e. The average Bonchev–Trinajstić information content (AvgIpc) is 3.32. The Morgan fingerprint density at radius 1 is 1.38 bits per heavy atom. The second-order valence-electron chi connectivity index (χ2n) is 6.71. The zero-order valence-electron chi connectivity index (χ0n) is 15.7. The molecule has 6 nitrogen and oxygen atoms in total. The van der Waals surface area contributed by atoms with Gasteiger partial charge >= 0.3 is 0 Å². The van der Waals surface area contributed by atoms with Crippen molar-refractivity contribution >= 4 is 23.4 Å². The summed E-state index contributed by atoms with van der Waals surface area (Å²) < 4.78 is 11.1. The van der Waals surface area contributed by atoms with Crippen LogP contribution in [0.25, 0.3) is 0 Å². The van der Waals surface area contributed by atoms with E-state index in [1.807, 2.05) is 19.9 Å². The molecule has 1 aliphatic heterocycles. The van der Waals surface area contributed by atoms with Crippen molar-refractivity contribution in [2.75, 3.05) is 25.6 Å². The number of amides is 2. The third kappa shape index (κ3) is 6.02. The molecule has 0 saturated carbocycles. The molecule has 0 bridgehead atoms. The molecule has 2 amide bonds. The Morgan fingerprint density at radius 3 is 2.77 bits per heavy atom. The number of hydrogen-bond acceptors (Lipinski definition) is 4. The van der Waals surface area contributed by atoms with Crippen LogP contribution in [0.15, 0.2) is 22.8 Å². The largest absolute Gasteiger partial charge is 0.467 e. The number of nitrogens with zero attached hydrogens (tertiary/aromatic N) is 2. The van der Waals surface area contributed by atoms with E-state index in [1.54, 1.807) is 22.1 Å². The summed E-state index contributed by atoms with van der Waals surface area (Å²) in [5, 5.41) is 0. The summed E-state index contributed by atoms with van der Waals surface area (Å²) in [6.45, 7) is 5.64.